The summed E-state index contributed by atoms with van der Waals surface area (Å²) in [4.78, 5) is 10.3. The van der Waals surface area contributed by atoms with Crippen LogP contribution in [0.3, 0.4) is 0 Å². The molecule has 10 heteroatoms. The Morgan fingerprint density at radius 2 is 0.750 bits per heavy atom. The summed E-state index contributed by atoms with van der Waals surface area (Å²) in [7, 11) is 0. The molecule has 12 fully saturated rings. The number of likely N-dealkylation sites (tertiary alicyclic amines) is 2. The standard InChI is InChI=1S/2C27H46N2O3/c2*1-26-8-7-20-19(21(26)16-22(25(26)31)28-9-3-4-10-28)6-5-18-15-24(30)23(17-27(18,20)2)29-11-13-32-14-12-29/h2*18-25,30-31H,3-17H2,1-2H3/t18-,19+,20+,21+,22-,23-,24-,25-,26-,27-;18-,19+,20-,21-,22-,23-,24-,25-,26-,27-/m00/s1. The molecule has 0 aromatic heterocycles. The predicted molar refractivity (Wildman–Crippen MR) is 251 cm³/mol. The fourth-order valence-electron chi connectivity index (χ4n) is 19.9. The van der Waals surface area contributed by atoms with Crippen molar-refractivity contribution in [1.29, 1.82) is 0 Å². The van der Waals surface area contributed by atoms with E-state index in [0.717, 1.165) is 102 Å². The lowest BCUT2D eigenvalue weighted by Gasteiger charge is -2.62. The van der Waals surface area contributed by atoms with E-state index in [2.05, 4.69) is 47.3 Å². The van der Waals surface area contributed by atoms with Crippen LogP contribution in [0, 0.1) is 69.0 Å². The number of aliphatic hydroxyl groups excluding tert-OH is 4. The highest BCUT2D eigenvalue weighted by Gasteiger charge is 2.66. The number of nitrogens with zero attached hydrogens (tertiary/aromatic N) is 4. The molecule has 8 saturated carbocycles. The zero-order chi connectivity index (χ0) is 44.2. The van der Waals surface area contributed by atoms with Crippen LogP contribution in [0.4, 0.5) is 0 Å². The van der Waals surface area contributed by atoms with Gasteiger partial charge in [-0.15, -0.1) is 0 Å². The number of hydrogen-bond acceptors (Lipinski definition) is 10. The van der Waals surface area contributed by atoms with Crippen molar-refractivity contribution in [1.82, 2.24) is 19.6 Å². The van der Waals surface area contributed by atoms with Crippen molar-refractivity contribution >= 4 is 0 Å². The Bertz CT molecular complexity index is 1500. The summed E-state index contributed by atoms with van der Waals surface area (Å²) in [6.07, 6.45) is 21.4. The first-order chi connectivity index (χ1) is 30.8. The number of morpholine rings is 2. The molecule has 0 bridgehead atoms. The first-order valence-corrected chi connectivity index (χ1v) is 27.7. The maximum Gasteiger partial charge on any atom is 0.0751 e. The average molecular weight is 893 g/mol. The van der Waals surface area contributed by atoms with E-state index < -0.39 is 0 Å². The molecule has 0 aromatic carbocycles. The highest BCUT2D eigenvalue weighted by Crippen LogP contribution is 2.69. The summed E-state index contributed by atoms with van der Waals surface area (Å²) in [5.74, 6) is 5.74. The van der Waals surface area contributed by atoms with Crippen molar-refractivity contribution in [2.75, 3.05) is 78.8 Å². The molecule has 10 nitrogen and oxygen atoms in total. The fourth-order valence-corrected chi connectivity index (χ4v) is 19.9. The Hall–Kier alpha value is -0.400. The molecule has 364 valence electrons. The molecule has 64 heavy (non-hydrogen) atoms. The minimum atomic E-state index is -0.176. The van der Waals surface area contributed by atoms with Gasteiger partial charge < -0.3 is 29.9 Å². The molecule has 4 N–H and O–H groups in total. The second-order valence-electron chi connectivity index (χ2n) is 25.8. The first kappa shape index (κ1) is 46.0. The van der Waals surface area contributed by atoms with Crippen LogP contribution in [-0.2, 0) is 9.47 Å². The van der Waals surface area contributed by atoms with Crippen LogP contribution in [0.25, 0.3) is 0 Å². The maximum atomic E-state index is 11.5. The van der Waals surface area contributed by atoms with E-state index in [1.165, 1.54) is 116 Å². The Balaban J connectivity index is 0.000000143. The Morgan fingerprint density at radius 3 is 1.12 bits per heavy atom. The van der Waals surface area contributed by atoms with Gasteiger partial charge in [0, 0.05) is 50.3 Å². The minimum Gasteiger partial charge on any atom is -0.391 e. The SMILES string of the molecule is C[C@]12C[C@H](N3CCOCC3)[C@@H](O)C[C@@H]1CC[C@@H]1[C@@H]2CC[C@]2(C)[C@@H](O)[C@@H](N3CCCC3)C[C@@H]12.C[C@]12C[C@H](N3CCOCC3)[C@@H](O)C[C@@H]1CC[C@@H]1[C@H]2CC[C@@]2(C)[C@@H]1C[C@H](N1CCCC1)[C@@H]2O. The number of aliphatic hydroxyl groups is 4. The van der Waals surface area contributed by atoms with Crippen molar-refractivity contribution in [3.05, 3.63) is 0 Å². The Kier molecular flexibility index (Phi) is 12.8. The molecule has 12 aliphatic rings. The topological polar surface area (TPSA) is 112 Å². The van der Waals surface area contributed by atoms with E-state index >= 15 is 0 Å². The minimum absolute atomic E-state index is 0.107. The van der Waals surface area contributed by atoms with Crippen LogP contribution < -0.4 is 0 Å². The lowest BCUT2D eigenvalue weighted by molar-refractivity contribution is -0.158. The van der Waals surface area contributed by atoms with Crippen LogP contribution in [0.1, 0.15) is 143 Å². The van der Waals surface area contributed by atoms with Crippen LogP contribution in [0.5, 0.6) is 0 Å². The van der Waals surface area contributed by atoms with Crippen molar-refractivity contribution in [2.24, 2.45) is 69.0 Å². The van der Waals surface area contributed by atoms with Gasteiger partial charge in [-0.1, -0.05) is 27.7 Å². The fraction of sp³-hybridized carbons (Fsp3) is 1.00. The maximum absolute atomic E-state index is 11.5. The molecule has 12 rings (SSSR count). The summed E-state index contributed by atoms with van der Waals surface area (Å²) < 4.78 is 11.2. The molecule has 4 heterocycles. The molecule has 4 saturated heterocycles. The third kappa shape index (κ3) is 7.51. The van der Waals surface area contributed by atoms with E-state index in [4.69, 9.17) is 9.47 Å². The monoisotopic (exact) mass is 893 g/mol. The van der Waals surface area contributed by atoms with E-state index in [0.29, 0.717) is 58.7 Å². The van der Waals surface area contributed by atoms with Crippen molar-refractivity contribution in [2.45, 2.75) is 192 Å². The predicted octanol–water partition coefficient (Wildman–Crippen LogP) is 6.27. The molecule has 4 aliphatic heterocycles. The van der Waals surface area contributed by atoms with Gasteiger partial charge in [0.1, 0.15) is 0 Å². The molecule has 0 spiro atoms. The second kappa shape index (κ2) is 17.8. The van der Waals surface area contributed by atoms with Crippen LogP contribution >= 0.6 is 0 Å². The molecule has 0 radical (unpaired) electrons. The van der Waals surface area contributed by atoms with Crippen LogP contribution in [-0.4, -0.2) is 167 Å². The molecule has 0 unspecified atom stereocenters. The van der Waals surface area contributed by atoms with Gasteiger partial charge in [-0.25, -0.2) is 0 Å². The zero-order valence-corrected chi connectivity index (χ0v) is 40.8. The number of hydrogen-bond donors (Lipinski definition) is 4. The van der Waals surface area contributed by atoms with Gasteiger partial charge in [0.15, 0.2) is 0 Å². The summed E-state index contributed by atoms with van der Waals surface area (Å²) >= 11 is 0. The third-order valence-corrected chi connectivity index (χ3v) is 23.6. The van der Waals surface area contributed by atoms with E-state index in [9.17, 15) is 20.4 Å². The summed E-state index contributed by atoms with van der Waals surface area (Å²) in [5, 5.41) is 45.4. The number of fused-ring (bicyclic) bond motifs is 10. The molecule has 20 atom stereocenters. The molecule has 0 amide bonds. The van der Waals surface area contributed by atoms with Gasteiger partial charge in [-0.2, -0.15) is 0 Å². The summed E-state index contributed by atoms with van der Waals surface area (Å²) in [5.41, 5.74) is 0.886. The Morgan fingerprint density at radius 1 is 0.391 bits per heavy atom. The summed E-state index contributed by atoms with van der Waals surface area (Å²) in [6.45, 7) is 22.0. The largest absolute Gasteiger partial charge is 0.391 e. The molecular weight excluding hydrogens is 801 g/mol. The molecular formula is C54H92N4O6. The van der Waals surface area contributed by atoms with Gasteiger partial charge in [0.05, 0.1) is 50.8 Å². The summed E-state index contributed by atoms with van der Waals surface area (Å²) in [6, 6.07) is 1.40. The van der Waals surface area contributed by atoms with E-state index in [-0.39, 0.29) is 35.2 Å². The zero-order valence-electron chi connectivity index (χ0n) is 40.8. The van der Waals surface area contributed by atoms with Crippen molar-refractivity contribution in [3.63, 3.8) is 0 Å². The highest BCUT2D eigenvalue weighted by molar-refractivity contribution is 5.16. The molecule has 0 aromatic rings. The lowest BCUT2D eigenvalue weighted by atomic mass is 9.44. The van der Waals surface area contributed by atoms with Gasteiger partial charge in [0.25, 0.3) is 0 Å². The van der Waals surface area contributed by atoms with Crippen molar-refractivity contribution in [3.8, 4) is 0 Å². The van der Waals surface area contributed by atoms with E-state index in [1.54, 1.807) is 0 Å². The van der Waals surface area contributed by atoms with Crippen molar-refractivity contribution < 1.29 is 29.9 Å². The first-order valence-electron chi connectivity index (χ1n) is 27.7. The smallest absolute Gasteiger partial charge is 0.0751 e. The highest BCUT2D eigenvalue weighted by atomic mass is 16.5. The number of rotatable bonds is 4. The van der Waals surface area contributed by atoms with Gasteiger partial charge >= 0.3 is 0 Å². The quantitative estimate of drug-likeness (QED) is 0.258. The normalized spacial score (nSPS) is 54.8. The Labute approximate surface area is 387 Å². The van der Waals surface area contributed by atoms with Crippen LogP contribution in [0.15, 0.2) is 0 Å². The average Bonchev–Trinajstić information content (AvgIpc) is 4.13. The van der Waals surface area contributed by atoms with Gasteiger partial charge in [0.2, 0.25) is 0 Å². The van der Waals surface area contributed by atoms with E-state index in [1.807, 2.05) is 0 Å². The number of ether oxygens (including phenoxy) is 2. The lowest BCUT2D eigenvalue weighted by Crippen LogP contribution is -2.61. The van der Waals surface area contributed by atoms with Gasteiger partial charge in [-0.05, 0) is 211 Å². The second-order valence-corrected chi connectivity index (χ2v) is 25.8. The van der Waals surface area contributed by atoms with Gasteiger partial charge in [-0.3, -0.25) is 19.6 Å². The molecule has 8 aliphatic carbocycles. The van der Waals surface area contributed by atoms with Crippen LogP contribution in [0.2, 0.25) is 0 Å². The third-order valence-electron chi connectivity index (χ3n) is 23.6.